The highest BCUT2D eigenvalue weighted by Crippen LogP contribution is 2.32. The average Bonchev–Trinajstić information content (AvgIpc) is 3.10. The highest BCUT2D eigenvalue weighted by molar-refractivity contribution is 7.99. The first-order valence-corrected chi connectivity index (χ1v) is 7.74. The van der Waals surface area contributed by atoms with Crippen LogP contribution in [0.5, 0.6) is 0 Å². The first kappa shape index (κ1) is 14.1. The molecule has 0 saturated carbocycles. The van der Waals surface area contributed by atoms with E-state index in [0.29, 0.717) is 0 Å². The summed E-state index contributed by atoms with van der Waals surface area (Å²) in [6, 6.07) is 0.152. The van der Waals surface area contributed by atoms with Crippen molar-refractivity contribution in [1.82, 2.24) is 19.5 Å². The number of hydrogen-bond acceptors (Lipinski definition) is 6. The molecule has 7 heteroatoms. The molecule has 0 amide bonds. The average molecular weight is 303 g/mol. The molecule has 21 heavy (non-hydrogen) atoms. The molecule has 110 valence electrons. The van der Waals surface area contributed by atoms with Crippen LogP contribution in [-0.2, 0) is 0 Å². The van der Waals surface area contributed by atoms with E-state index < -0.39 is 0 Å². The Morgan fingerprint density at radius 2 is 2.33 bits per heavy atom. The number of thioether (sulfide) groups is 1. The van der Waals surface area contributed by atoms with Crippen LogP contribution in [0.15, 0.2) is 36.2 Å². The molecule has 2 aromatic rings. The number of nitrogen functional groups attached to an aromatic ring is 1. The molecule has 2 atom stereocenters. The van der Waals surface area contributed by atoms with Crippen LogP contribution in [0.2, 0.25) is 0 Å². The number of aliphatic hydroxyl groups is 1. The van der Waals surface area contributed by atoms with E-state index in [-0.39, 0.29) is 24.5 Å². The zero-order valence-electron chi connectivity index (χ0n) is 11.5. The van der Waals surface area contributed by atoms with Crippen molar-refractivity contribution in [1.29, 1.82) is 0 Å². The number of aliphatic hydroxyl groups excluding tert-OH is 1. The van der Waals surface area contributed by atoms with Crippen LogP contribution in [0.3, 0.4) is 0 Å². The van der Waals surface area contributed by atoms with Gasteiger partial charge in [-0.2, -0.15) is 4.98 Å². The Labute approximate surface area is 126 Å². The molecular formula is C14H17N5OS. The molecule has 6 nitrogen and oxygen atoms in total. The topological polar surface area (TPSA) is 89.9 Å². The normalized spacial score (nSPS) is 21.2. The van der Waals surface area contributed by atoms with E-state index in [9.17, 15) is 5.11 Å². The van der Waals surface area contributed by atoms with Gasteiger partial charge >= 0.3 is 0 Å². The van der Waals surface area contributed by atoms with Gasteiger partial charge in [-0.15, -0.1) is 6.58 Å². The van der Waals surface area contributed by atoms with Crippen LogP contribution < -0.4 is 5.73 Å². The lowest BCUT2D eigenvalue weighted by atomic mass is 10.1. The maximum atomic E-state index is 9.25. The zero-order valence-corrected chi connectivity index (χ0v) is 12.3. The zero-order chi connectivity index (χ0) is 14.8. The van der Waals surface area contributed by atoms with Crippen LogP contribution in [-0.4, -0.2) is 37.0 Å². The fraction of sp³-hybridized carbons (Fsp3) is 0.357. The number of aromatic nitrogens is 4. The lowest BCUT2D eigenvalue weighted by Crippen LogP contribution is -2.08. The van der Waals surface area contributed by atoms with E-state index in [1.165, 1.54) is 0 Å². The van der Waals surface area contributed by atoms with Gasteiger partial charge in [-0.05, 0) is 6.42 Å². The molecule has 1 aliphatic rings. The number of nitrogens with two attached hydrogens (primary N) is 1. The highest BCUT2D eigenvalue weighted by atomic mass is 32.2. The molecule has 3 rings (SSSR count). The third-order valence-electron chi connectivity index (χ3n) is 3.49. The molecule has 1 aliphatic carbocycles. The van der Waals surface area contributed by atoms with Crippen LogP contribution in [0.4, 0.5) is 5.95 Å². The summed E-state index contributed by atoms with van der Waals surface area (Å²) in [5.74, 6) is 1.19. The van der Waals surface area contributed by atoms with Crippen LogP contribution in [0.25, 0.3) is 11.2 Å². The molecule has 2 unspecified atom stereocenters. The van der Waals surface area contributed by atoms with Gasteiger partial charge in [-0.3, -0.25) is 0 Å². The van der Waals surface area contributed by atoms with Gasteiger partial charge in [0.05, 0.1) is 12.4 Å². The number of rotatable bonds is 5. The second kappa shape index (κ2) is 5.87. The van der Waals surface area contributed by atoms with Gasteiger partial charge in [0, 0.05) is 18.3 Å². The van der Waals surface area contributed by atoms with Crippen LogP contribution in [0.1, 0.15) is 12.5 Å². The van der Waals surface area contributed by atoms with Gasteiger partial charge in [-0.1, -0.05) is 30.0 Å². The smallest absolute Gasteiger partial charge is 0.223 e. The number of allylic oxidation sites excluding steroid dienone is 1. The number of imidazole rings is 1. The molecule has 0 spiro atoms. The third kappa shape index (κ3) is 2.66. The number of hydrogen-bond donors (Lipinski definition) is 2. The van der Waals surface area contributed by atoms with Gasteiger partial charge in [0.15, 0.2) is 5.65 Å². The Morgan fingerprint density at radius 1 is 1.48 bits per heavy atom. The van der Waals surface area contributed by atoms with Crippen molar-refractivity contribution in [2.75, 3.05) is 18.1 Å². The molecule has 3 N–H and O–H groups in total. The predicted octanol–water partition coefficient (Wildman–Crippen LogP) is 1.80. The molecule has 0 fully saturated rings. The highest BCUT2D eigenvalue weighted by Gasteiger charge is 2.23. The van der Waals surface area contributed by atoms with Gasteiger partial charge in [0.1, 0.15) is 10.5 Å². The Morgan fingerprint density at radius 3 is 3.05 bits per heavy atom. The summed E-state index contributed by atoms with van der Waals surface area (Å²) in [4.78, 5) is 13.0. The van der Waals surface area contributed by atoms with Crippen molar-refractivity contribution < 1.29 is 5.11 Å². The predicted molar refractivity (Wildman–Crippen MR) is 84.0 cm³/mol. The van der Waals surface area contributed by atoms with E-state index in [1.807, 2.05) is 16.7 Å². The van der Waals surface area contributed by atoms with Gasteiger partial charge in [-0.25, -0.2) is 9.97 Å². The maximum Gasteiger partial charge on any atom is 0.223 e. The lowest BCUT2D eigenvalue weighted by molar-refractivity contribution is 0.244. The Hall–Kier alpha value is -1.86. The van der Waals surface area contributed by atoms with E-state index in [2.05, 4.69) is 27.6 Å². The second-order valence-corrected chi connectivity index (χ2v) is 5.95. The van der Waals surface area contributed by atoms with Crippen LogP contribution >= 0.6 is 11.8 Å². The molecule has 2 aromatic heterocycles. The van der Waals surface area contributed by atoms with Crippen molar-refractivity contribution >= 4 is 28.9 Å². The molecule has 0 aromatic carbocycles. The fourth-order valence-electron chi connectivity index (χ4n) is 2.48. The first-order chi connectivity index (χ1) is 10.2. The summed E-state index contributed by atoms with van der Waals surface area (Å²) in [5.41, 5.74) is 7.32. The van der Waals surface area contributed by atoms with Crippen molar-refractivity contribution in [2.45, 2.75) is 17.5 Å². The SMILES string of the molecule is C=CCSc1nc(N)nc2c1ncn2C1C=CC(CO)C1. The monoisotopic (exact) mass is 303 g/mol. The number of fused-ring (bicyclic) bond motifs is 1. The lowest BCUT2D eigenvalue weighted by Gasteiger charge is -2.12. The summed E-state index contributed by atoms with van der Waals surface area (Å²) in [6.45, 7) is 3.87. The standard InChI is InChI=1S/C14H17N5OS/c1-2-5-21-13-11-12(17-14(15)18-13)19(8-16-11)10-4-3-9(6-10)7-20/h2-4,8-10,20H,1,5-7H2,(H2,15,17,18). The largest absolute Gasteiger partial charge is 0.396 e. The molecule has 2 heterocycles. The van der Waals surface area contributed by atoms with E-state index >= 15 is 0 Å². The van der Waals surface area contributed by atoms with Crippen LogP contribution in [0, 0.1) is 5.92 Å². The van der Waals surface area contributed by atoms with Gasteiger partial charge in [0.2, 0.25) is 5.95 Å². The van der Waals surface area contributed by atoms with Gasteiger partial charge < -0.3 is 15.4 Å². The van der Waals surface area contributed by atoms with E-state index in [4.69, 9.17) is 5.73 Å². The summed E-state index contributed by atoms with van der Waals surface area (Å²) in [6.07, 6.45) is 8.55. The second-order valence-electron chi connectivity index (χ2n) is 4.94. The minimum atomic E-state index is 0.152. The molecule has 0 radical (unpaired) electrons. The summed E-state index contributed by atoms with van der Waals surface area (Å²) in [5, 5.41) is 10.0. The Bertz CT molecular complexity index is 696. The molecule has 0 bridgehead atoms. The Balaban J connectivity index is 2.00. The van der Waals surface area contributed by atoms with Crippen molar-refractivity contribution in [2.24, 2.45) is 5.92 Å². The fourth-order valence-corrected chi connectivity index (χ4v) is 3.20. The quantitative estimate of drug-likeness (QED) is 0.497. The summed E-state index contributed by atoms with van der Waals surface area (Å²) < 4.78 is 2.00. The van der Waals surface area contributed by atoms with E-state index in [0.717, 1.165) is 28.4 Å². The summed E-state index contributed by atoms with van der Waals surface area (Å²) in [7, 11) is 0. The molecular weight excluding hydrogens is 286 g/mol. The minimum Gasteiger partial charge on any atom is -0.396 e. The van der Waals surface area contributed by atoms with Gasteiger partial charge in [0.25, 0.3) is 0 Å². The van der Waals surface area contributed by atoms with Crippen molar-refractivity contribution in [3.63, 3.8) is 0 Å². The van der Waals surface area contributed by atoms with E-state index in [1.54, 1.807) is 18.1 Å². The molecule has 0 aliphatic heterocycles. The number of nitrogens with zero attached hydrogens (tertiary/aromatic N) is 4. The maximum absolute atomic E-state index is 9.25. The van der Waals surface area contributed by atoms with Crippen molar-refractivity contribution in [3.8, 4) is 0 Å². The summed E-state index contributed by atoms with van der Waals surface area (Å²) >= 11 is 1.54. The molecule has 0 saturated heterocycles. The minimum absolute atomic E-state index is 0.152. The number of anilines is 1. The Kier molecular flexibility index (Phi) is 3.94. The first-order valence-electron chi connectivity index (χ1n) is 6.76. The third-order valence-corrected chi connectivity index (χ3v) is 4.45. The van der Waals surface area contributed by atoms with Crippen molar-refractivity contribution in [3.05, 3.63) is 31.1 Å².